The van der Waals surface area contributed by atoms with E-state index in [4.69, 9.17) is 0 Å². The maximum atomic E-state index is 11.3. The van der Waals surface area contributed by atoms with Crippen LogP contribution in [0.4, 0.5) is 5.82 Å². The Balaban J connectivity index is 2.31. The van der Waals surface area contributed by atoms with E-state index in [1.165, 1.54) is 7.11 Å². The summed E-state index contributed by atoms with van der Waals surface area (Å²) in [6.07, 6.45) is 1.75. The average Bonchev–Trinajstić information content (AvgIpc) is 2.46. The van der Waals surface area contributed by atoms with Gasteiger partial charge in [0.05, 0.1) is 12.7 Å². The lowest BCUT2D eigenvalue weighted by Crippen LogP contribution is -2.00. The number of rotatable bonds is 3. The van der Waals surface area contributed by atoms with Gasteiger partial charge in [0.2, 0.25) is 0 Å². The van der Waals surface area contributed by atoms with Gasteiger partial charge in [0.1, 0.15) is 5.82 Å². The molecule has 0 atom stereocenters. The van der Waals surface area contributed by atoms with Crippen molar-refractivity contribution in [2.75, 3.05) is 19.5 Å². The number of carbonyl (C=O) groups is 1. The van der Waals surface area contributed by atoms with Crippen LogP contribution < -0.4 is 5.32 Å². The van der Waals surface area contributed by atoms with Gasteiger partial charge in [-0.15, -0.1) is 0 Å². The smallest absolute Gasteiger partial charge is 0.337 e. The van der Waals surface area contributed by atoms with Crippen molar-refractivity contribution in [3.8, 4) is 11.1 Å². The summed E-state index contributed by atoms with van der Waals surface area (Å²) in [5.41, 5.74) is 2.62. The summed E-state index contributed by atoms with van der Waals surface area (Å²) in [6.45, 7) is 0. The Morgan fingerprint density at radius 3 is 2.50 bits per heavy atom. The number of aromatic nitrogens is 1. The first-order valence-corrected chi connectivity index (χ1v) is 5.57. The summed E-state index contributed by atoms with van der Waals surface area (Å²) in [7, 11) is 3.20. The molecule has 4 nitrogen and oxygen atoms in total. The molecule has 0 aliphatic heterocycles. The van der Waals surface area contributed by atoms with Crippen LogP contribution in [0.2, 0.25) is 0 Å². The minimum absolute atomic E-state index is 0.327. The second-order valence-electron chi connectivity index (χ2n) is 3.75. The molecule has 1 aromatic carbocycles. The van der Waals surface area contributed by atoms with Crippen LogP contribution in [0, 0.1) is 0 Å². The molecule has 0 saturated heterocycles. The van der Waals surface area contributed by atoms with Crippen LogP contribution in [-0.2, 0) is 4.74 Å². The zero-order chi connectivity index (χ0) is 13.0. The lowest BCUT2D eigenvalue weighted by atomic mass is 10.1. The highest BCUT2D eigenvalue weighted by molar-refractivity contribution is 5.90. The van der Waals surface area contributed by atoms with Gasteiger partial charge in [0.15, 0.2) is 0 Å². The molecule has 92 valence electrons. The summed E-state index contributed by atoms with van der Waals surface area (Å²) >= 11 is 0. The number of nitrogens with zero attached hydrogens (tertiary/aromatic N) is 1. The molecule has 0 bridgehead atoms. The minimum atomic E-state index is -0.327. The van der Waals surface area contributed by atoms with E-state index >= 15 is 0 Å². The lowest BCUT2D eigenvalue weighted by molar-refractivity contribution is 0.0601. The van der Waals surface area contributed by atoms with Crippen molar-refractivity contribution in [3.63, 3.8) is 0 Å². The molecule has 0 aliphatic rings. The van der Waals surface area contributed by atoms with Crippen molar-refractivity contribution in [2.45, 2.75) is 0 Å². The van der Waals surface area contributed by atoms with Crippen LogP contribution in [-0.4, -0.2) is 25.1 Å². The van der Waals surface area contributed by atoms with Gasteiger partial charge < -0.3 is 10.1 Å². The maximum Gasteiger partial charge on any atom is 0.337 e. The molecule has 1 N–H and O–H groups in total. The van der Waals surface area contributed by atoms with Crippen molar-refractivity contribution in [3.05, 3.63) is 48.2 Å². The highest BCUT2D eigenvalue weighted by Gasteiger charge is 2.05. The van der Waals surface area contributed by atoms with Crippen LogP contribution in [0.25, 0.3) is 11.1 Å². The Hall–Kier alpha value is -2.36. The van der Waals surface area contributed by atoms with E-state index in [1.807, 2.05) is 31.3 Å². The number of nitrogens with one attached hydrogen (secondary N) is 1. The zero-order valence-corrected chi connectivity index (χ0v) is 10.3. The Morgan fingerprint density at radius 1 is 1.17 bits per heavy atom. The normalized spacial score (nSPS) is 9.89. The summed E-state index contributed by atoms with van der Waals surface area (Å²) < 4.78 is 4.66. The topological polar surface area (TPSA) is 51.2 Å². The van der Waals surface area contributed by atoms with Crippen molar-refractivity contribution >= 4 is 11.8 Å². The number of ether oxygens (including phenoxy) is 1. The molecule has 2 rings (SSSR count). The Kier molecular flexibility index (Phi) is 3.57. The second-order valence-corrected chi connectivity index (χ2v) is 3.75. The highest BCUT2D eigenvalue weighted by atomic mass is 16.5. The lowest BCUT2D eigenvalue weighted by Gasteiger charge is -2.05. The van der Waals surface area contributed by atoms with Crippen LogP contribution in [0.5, 0.6) is 0 Å². The average molecular weight is 242 g/mol. The Labute approximate surface area is 106 Å². The van der Waals surface area contributed by atoms with E-state index in [-0.39, 0.29) is 5.97 Å². The molecule has 0 radical (unpaired) electrons. The molecule has 18 heavy (non-hydrogen) atoms. The van der Waals surface area contributed by atoms with E-state index in [1.54, 1.807) is 18.3 Å². The number of hydrogen-bond acceptors (Lipinski definition) is 4. The highest BCUT2D eigenvalue weighted by Crippen LogP contribution is 2.21. The molecule has 0 unspecified atom stereocenters. The first-order valence-electron chi connectivity index (χ1n) is 5.57. The number of esters is 1. The Bertz CT molecular complexity index is 550. The first-order chi connectivity index (χ1) is 8.74. The monoisotopic (exact) mass is 242 g/mol. The molecular weight excluding hydrogens is 228 g/mol. The molecule has 1 heterocycles. The number of methoxy groups -OCH3 is 1. The maximum absolute atomic E-state index is 11.3. The van der Waals surface area contributed by atoms with Gasteiger partial charge in [-0.05, 0) is 35.4 Å². The van der Waals surface area contributed by atoms with E-state index in [0.29, 0.717) is 5.56 Å². The molecule has 1 aromatic heterocycles. The summed E-state index contributed by atoms with van der Waals surface area (Å²) in [5.74, 6) is 0.483. The standard InChI is InChI=1S/C14H14N2O2/c1-15-13-9-12(7-8-16-13)10-3-5-11(6-4-10)14(17)18-2/h3-9H,1-2H3,(H,15,16). The molecule has 0 spiro atoms. The minimum Gasteiger partial charge on any atom is -0.465 e. The fourth-order valence-corrected chi connectivity index (χ4v) is 1.66. The number of carbonyl (C=O) groups excluding carboxylic acids is 1. The molecule has 2 aromatic rings. The predicted octanol–water partition coefficient (Wildman–Crippen LogP) is 2.58. The second kappa shape index (κ2) is 5.31. The van der Waals surface area contributed by atoms with Crippen molar-refractivity contribution in [1.82, 2.24) is 4.98 Å². The van der Waals surface area contributed by atoms with Gasteiger partial charge in [0.25, 0.3) is 0 Å². The third-order valence-corrected chi connectivity index (χ3v) is 2.66. The summed E-state index contributed by atoms with van der Waals surface area (Å²) in [6, 6.07) is 11.2. The van der Waals surface area contributed by atoms with E-state index < -0.39 is 0 Å². The third kappa shape index (κ3) is 2.48. The molecule has 4 heteroatoms. The van der Waals surface area contributed by atoms with E-state index in [9.17, 15) is 4.79 Å². The summed E-state index contributed by atoms with van der Waals surface area (Å²) in [5, 5.41) is 2.99. The van der Waals surface area contributed by atoms with Crippen molar-refractivity contribution in [1.29, 1.82) is 0 Å². The van der Waals surface area contributed by atoms with Gasteiger partial charge in [0, 0.05) is 13.2 Å². The van der Waals surface area contributed by atoms with Gasteiger partial charge in [-0.1, -0.05) is 12.1 Å². The third-order valence-electron chi connectivity index (χ3n) is 2.66. The first kappa shape index (κ1) is 12.1. The molecule has 0 amide bonds. The predicted molar refractivity (Wildman–Crippen MR) is 70.6 cm³/mol. The molecule has 0 fully saturated rings. The molecular formula is C14H14N2O2. The number of pyridine rings is 1. The largest absolute Gasteiger partial charge is 0.465 e. The molecule has 0 aliphatic carbocycles. The van der Waals surface area contributed by atoms with Crippen LogP contribution in [0.1, 0.15) is 10.4 Å². The van der Waals surface area contributed by atoms with Gasteiger partial charge >= 0.3 is 5.97 Å². The summed E-state index contributed by atoms with van der Waals surface area (Å²) in [4.78, 5) is 15.5. The van der Waals surface area contributed by atoms with E-state index in [2.05, 4.69) is 15.0 Å². The fourth-order valence-electron chi connectivity index (χ4n) is 1.66. The number of benzene rings is 1. The quantitative estimate of drug-likeness (QED) is 0.840. The van der Waals surface area contributed by atoms with Crippen LogP contribution in [0.15, 0.2) is 42.6 Å². The fraction of sp³-hybridized carbons (Fsp3) is 0.143. The van der Waals surface area contributed by atoms with Gasteiger partial charge in [-0.3, -0.25) is 0 Å². The molecule has 0 saturated carbocycles. The van der Waals surface area contributed by atoms with E-state index in [0.717, 1.165) is 16.9 Å². The number of anilines is 1. The van der Waals surface area contributed by atoms with Crippen molar-refractivity contribution < 1.29 is 9.53 Å². The van der Waals surface area contributed by atoms with Crippen molar-refractivity contribution in [2.24, 2.45) is 0 Å². The number of hydrogen-bond donors (Lipinski definition) is 1. The van der Waals surface area contributed by atoms with Crippen LogP contribution >= 0.6 is 0 Å². The van der Waals surface area contributed by atoms with Gasteiger partial charge in [-0.2, -0.15) is 0 Å². The van der Waals surface area contributed by atoms with Gasteiger partial charge in [-0.25, -0.2) is 9.78 Å². The van der Waals surface area contributed by atoms with Crippen LogP contribution in [0.3, 0.4) is 0 Å². The SMILES string of the molecule is CNc1cc(-c2ccc(C(=O)OC)cc2)ccn1. The Morgan fingerprint density at radius 2 is 1.89 bits per heavy atom. The zero-order valence-electron chi connectivity index (χ0n) is 10.3.